The van der Waals surface area contributed by atoms with Crippen molar-refractivity contribution in [2.45, 2.75) is 26.8 Å². The molecule has 1 aromatic heterocycles. The molecule has 0 aliphatic carbocycles. The zero-order valence-corrected chi connectivity index (χ0v) is 20.7. The summed E-state index contributed by atoms with van der Waals surface area (Å²) >= 11 is 0. The number of nitrogens with zero attached hydrogens (tertiary/aromatic N) is 4. The molecule has 0 fully saturated rings. The Balaban J connectivity index is 1.27. The van der Waals surface area contributed by atoms with E-state index in [0.717, 1.165) is 35.6 Å². The van der Waals surface area contributed by atoms with E-state index in [2.05, 4.69) is 26.7 Å². The van der Waals surface area contributed by atoms with E-state index in [1.165, 1.54) is 0 Å². The number of likely N-dealkylation sites (N-methyl/N-ethyl adjacent to an activating group) is 1. The molecule has 9 heteroatoms. The van der Waals surface area contributed by atoms with Gasteiger partial charge in [-0.15, -0.1) is 0 Å². The lowest BCUT2D eigenvalue weighted by Crippen LogP contribution is -2.34. The van der Waals surface area contributed by atoms with Crippen LogP contribution in [0.5, 0.6) is 0 Å². The van der Waals surface area contributed by atoms with E-state index < -0.39 is 0 Å². The van der Waals surface area contributed by atoms with E-state index in [4.69, 9.17) is 0 Å². The van der Waals surface area contributed by atoms with Crippen LogP contribution in [0.3, 0.4) is 0 Å². The largest absolute Gasteiger partial charge is 0.352 e. The van der Waals surface area contributed by atoms with Gasteiger partial charge in [0.05, 0.1) is 6.54 Å². The van der Waals surface area contributed by atoms with Crippen LogP contribution in [0, 0.1) is 5.92 Å². The van der Waals surface area contributed by atoms with E-state index >= 15 is 0 Å². The number of rotatable bonds is 6. The lowest BCUT2D eigenvalue weighted by Gasteiger charge is -2.26. The Morgan fingerprint density at radius 1 is 0.972 bits per heavy atom. The standard InChI is InChI=1S/C27H30N6O3/c1-17(2)16-28-25(34)18-4-6-19(7-5-18)26(35)29-23-15-24-32(12-13-33(24)30-23)21-8-9-22-20(14-21)10-11-31(3)27(22)36/h4-9,14-15,17H,10-13,16H2,1-3H3,(H,28,34)(H,29,30,35). The Morgan fingerprint density at radius 3 is 2.42 bits per heavy atom. The van der Waals surface area contributed by atoms with Gasteiger partial charge in [-0.3, -0.25) is 14.4 Å². The quantitative estimate of drug-likeness (QED) is 0.557. The smallest absolute Gasteiger partial charge is 0.256 e. The molecule has 2 aliphatic heterocycles. The van der Waals surface area contributed by atoms with Crippen molar-refractivity contribution in [3.05, 3.63) is 70.8 Å². The van der Waals surface area contributed by atoms with E-state index in [9.17, 15) is 14.4 Å². The van der Waals surface area contributed by atoms with Crippen LogP contribution in [0.2, 0.25) is 0 Å². The van der Waals surface area contributed by atoms with Gasteiger partial charge in [-0.2, -0.15) is 5.10 Å². The molecule has 3 heterocycles. The van der Waals surface area contributed by atoms with Crippen molar-refractivity contribution in [3.63, 3.8) is 0 Å². The number of anilines is 3. The molecule has 3 aromatic rings. The monoisotopic (exact) mass is 486 g/mol. The SMILES string of the molecule is CC(C)CNC(=O)c1ccc(C(=O)Nc2cc3n(n2)CCN3c2ccc3c(c2)CCN(C)C3=O)cc1. The predicted molar refractivity (Wildman–Crippen MR) is 138 cm³/mol. The average Bonchev–Trinajstić information content (AvgIpc) is 3.45. The third-order valence-electron chi connectivity index (χ3n) is 6.59. The lowest BCUT2D eigenvalue weighted by atomic mass is 9.98. The zero-order valence-electron chi connectivity index (χ0n) is 20.7. The van der Waals surface area contributed by atoms with Crippen LogP contribution >= 0.6 is 0 Å². The van der Waals surface area contributed by atoms with Gasteiger partial charge in [0, 0.05) is 55.1 Å². The van der Waals surface area contributed by atoms with Crippen LogP contribution in [0.25, 0.3) is 0 Å². The number of benzene rings is 2. The molecule has 0 radical (unpaired) electrons. The number of hydrogen-bond donors (Lipinski definition) is 2. The Labute approximate surface area is 210 Å². The molecule has 5 rings (SSSR count). The van der Waals surface area contributed by atoms with Crippen molar-refractivity contribution >= 4 is 35.0 Å². The highest BCUT2D eigenvalue weighted by Gasteiger charge is 2.27. The average molecular weight is 487 g/mol. The van der Waals surface area contributed by atoms with Gasteiger partial charge in [0.2, 0.25) is 0 Å². The van der Waals surface area contributed by atoms with E-state index in [-0.39, 0.29) is 17.7 Å². The predicted octanol–water partition coefficient (Wildman–Crippen LogP) is 3.30. The summed E-state index contributed by atoms with van der Waals surface area (Å²) in [5, 5.41) is 10.3. The van der Waals surface area contributed by atoms with Gasteiger partial charge in [0.15, 0.2) is 5.82 Å². The van der Waals surface area contributed by atoms with Gasteiger partial charge in [0.1, 0.15) is 5.82 Å². The first-order valence-corrected chi connectivity index (χ1v) is 12.2. The maximum atomic E-state index is 12.8. The number of aromatic nitrogens is 2. The van der Waals surface area contributed by atoms with Gasteiger partial charge in [-0.05, 0) is 60.4 Å². The second-order valence-electron chi connectivity index (χ2n) is 9.72. The number of carbonyl (C=O) groups excluding carboxylic acids is 3. The molecule has 0 saturated carbocycles. The molecule has 2 aromatic carbocycles. The molecule has 3 amide bonds. The fourth-order valence-electron chi connectivity index (χ4n) is 4.54. The third kappa shape index (κ3) is 4.56. The molecule has 0 spiro atoms. The molecule has 0 bridgehead atoms. The molecule has 9 nitrogen and oxygen atoms in total. The van der Waals surface area contributed by atoms with Gasteiger partial charge in [-0.25, -0.2) is 4.68 Å². The van der Waals surface area contributed by atoms with Gasteiger partial charge >= 0.3 is 0 Å². The summed E-state index contributed by atoms with van der Waals surface area (Å²) in [5.74, 6) is 1.34. The van der Waals surface area contributed by atoms with Crippen molar-refractivity contribution in [1.29, 1.82) is 0 Å². The summed E-state index contributed by atoms with van der Waals surface area (Å²) in [4.78, 5) is 41.3. The fraction of sp³-hybridized carbons (Fsp3) is 0.333. The molecule has 0 saturated heterocycles. The van der Waals surface area contributed by atoms with Crippen molar-refractivity contribution in [2.75, 3.05) is 36.9 Å². The van der Waals surface area contributed by atoms with E-state index in [1.807, 2.05) is 43.8 Å². The number of carbonyl (C=O) groups is 3. The Morgan fingerprint density at radius 2 is 1.69 bits per heavy atom. The van der Waals surface area contributed by atoms with Crippen LogP contribution in [0.1, 0.15) is 50.5 Å². The minimum atomic E-state index is -0.288. The van der Waals surface area contributed by atoms with Crippen molar-refractivity contribution in [2.24, 2.45) is 5.92 Å². The molecular formula is C27H30N6O3. The Bertz CT molecular complexity index is 1330. The Hall–Kier alpha value is -4.14. The first kappa shape index (κ1) is 23.6. The normalized spacial score (nSPS) is 14.6. The highest BCUT2D eigenvalue weighted by molar-refractivity contribution is 6.05. The van der Waals surface area contributed by atoms with Gasteiger partial charge < -0.3 is 20.4 Å². The highest BCUT2D eigenvalue weighted by atomic mass is 16.2. The fourth-order valence-corrected chi connectivity index (χ4v) is 4.54. The summed E-state index contributed by atoms with van der Waals surface area (Å²) < 4.78 is 1.87. The molecule has 2 aliphatic rings. The second-order valence-corrected chi connectivity index (χ2v) is 9.72. The first-order valence-electron chi connectivity index (χ1n) is 12.2. The second kappa shape index (κ2) is 9.49. The molecule has 36 heavy (non-hydrogen) atoms. The van der Waals surface area contributed by atoms with Crippen LogP contribution in [-0.4, -0.2) is 59.1 Å². The first-order chi connectivity index (χ1) is 17.3. The number of hydrogen-bond acceptors (Lipinski definition) is 5. The van der Waals surface area contributed by atoms with Gasteiger partial charge in [0.25, 0.3) is 17.7 Å². The van der Waals surface area contributed by atoms with Crippen LogP contribution in [0.15, 0.2) is 48.5 Å². The van der Waals surface area contributed by atoms with Crippen molar-refractivity contribution in [1.82, 2.24) is 20.0 Å². The maximum absolute atomic E-state index is 12.8. The topological polar surface area (TPSA) is 99.6 Å². The minimum Gasteiger partial charge on any atom is -0.352 e. The number of amides is 3. The summed E-state index contributed by atoms with van der Waals surface area (Å²) in [7, 11) is 1.83. The molecular weight excluding hydrogens is 456 g/mol. The summed E-state index contributed by atoms with van der Waals surface area (Å²) in [5.41, 5.74) is 3.79. The Kier molecular flexibility index (Phi) is 6.22. The maximum Gasteiger partial charge on any atom is 0.256 e. The van der Waals surface area contributed by atoms with E-state index in [1.54, 1.807) is 29.2 Å². The molecule has 0 unspecified atom stereocenters. The molecule has 0 atom stereocenters. The van der Waals surface area contributed by atoms with Crippen LogP contribution in [-0.2, 0) is 13.0 Å². The van der Waals surface area contributed by atoms with Crippen molar-refractivity contribution in [3.8, 4) is 0 Å². The molecule has 186 valence electrons. The van der Waals surface area contributed by atoms with Gasteiger partial charge in [-0.1, -0.05) is 13.8 Å². The zero-order chi connectivity index (χ0) is 25.4. The summed E-state index contributed by atoms with van der Waals surface area (Å²) in [6.45, 7) is 6.85. The van der Waals surface area contributed by atoms with E-state index in [0.29, 0.717) is 42.5 Å². The third-order valence-corrected chi connectivity index (χ3v) is 6.59. The van der Waals surface area contributed by atoms with Crippen LogP contribution < -0.4 is 15.5 Å². The lowest BCUT2D eigenvalue weighted by molar-refractivity contribution is 0.0780. The minimum absolute atomic E-state index is 0.0588. The number of fused-ring (bicyclic) bond motifs is 2. The summed E-state index contributed by atoms with van der Waals surface area (Å²) in [6, 6.07) is 14.4. The van der Waals surface area contributed by atoms with Crippen molar-refractivity contribution < 1.29 is 14.4 Å². The highest BCUT2D eigenvalue weighted by Crippen LogP contribution is 2.34. The number of nitrogens with one attached hydrogen (secondary N) is 2. The summed E-state index contributed by atoms with van der Waals surface area (Å²) in [6.07, 6.45) is 0.831. The molecule has 2 N–H and O–H groups in total. The van der Waals surface area contributed by atoms with Crippen LogP contribution in [0.4, 0.5) is 17.3 Å².